The van der Waals surface area contributed by atoms with Gasteiger partial charge in [-0.3, -0.25) is 0 Å². The van der Waals surface area contributed by atoms with Crippen LogP contribution >= 0.6 is 11.6 Å². The van der Waals surface area contributed by atoms with Crippen molar-refractivity contribution in [1.29, 1.82) is 0 Å². The molecule has 0 aliphatic rings. The Kier molecular flexibility index (Phi) is 9.51. The zero-order valence-electron chi connectivity index (χ0n) is 11.3. The second kappa shape index (κ2) is 9.31. The Hall–Kier alpha value is 0.360. The molecule has 0 saturated carbocycles. The van der Waals surface area contributed by atoms with E-state index in [1.807, 2.05) is 13.4 Å². The van der Waals surface area contributed by atoms with E-state index >= 15 is 0 Å². The summed E-state index contributed by atoms with van der Waals surface area (Å²) in [4.78, 5) is 0. The van der Waals surface area contributed by atoms with E-state index in [4.69, 9.17) is 9.84 Å². The quantitative estimate of drug-likeness (QED) is 0.375. The van der Waals surface area contributed by atoms with Gasteiger partial charge in [-0.1, -0.05) is 39.4 Å². The molecule has 0 bridgehead atoms. The van der Waals surface area contributed by atoms with Crippen LogP contribution in [0.15, 0.2) is 0 Å². The van der Waals surface area contributed by atoms with Gasteiger partial charge < -0.3 is 14.9 Å². The highest BCUT2D eigenvalue weighted by Gasteiger charge is 2.15. The average molecular weight is 258 g/mol. The Morgan fingerprint density at radius 3 is 2.47 bits per heavy atom. The van der Waals surface area contributed by atoms with Crippen molar-refractivity contribution >= 4 is 25.2 Å². The third kappa shape index (κ3) is 11.2. The van der Waals surface area contributed by atoms with Crippen LogP contribution in [0.1, 0.15) is 40.5 Å². The lowest BCUT2D eigenvalue weighted by Crippen LogP contribution is -2.27. The summed E-state index contributed by atoms with van der Waals surface area (Å²) in [5.41, 5.74) is 0. The number of ether oxygens (including phenoxy) is 1. The summed E-state index contributed by atoms with van der Waals surface area (Å²) in [5.74, 6) is 0.493. The van der Waals surface area contributed by atoms with Gasteiger partial charge in [0.2, 0.25) is 0 Å². The number of rotatable bonds is 9. The van der Waals surface area contributed by atoms with Gasteiger partial charge in [-0.2, -0.15) is 0 Å². The molecule has 2 atom stereocenters. The highest BCUT2D eigenvalue weighted by Crippen LogP contribution is 2.20. The van der Waals surface area contributed by atoms with E-state index in [0.29, 0.717) is 5.75 Å². The lowest BCUT2D eigenvalue weighted by Gasteiger charge is -2.20. The van der Waals surface area contributed by atoms with E-state index in [0.717, 1.165) is 12.8 Å². The molecular weight excluding hydrogens is 234 g/mol. The molecule has 6 heteroatoms. The van der Waals surface area contributed by atoms with Crippen molar-refractivity contribution in [3.05, 3.63) is 0 Å². The molecule has 0 rings (SSSR count). The van der Waals surface area contributed by atoms with Crippen LogP contribution in [0, 0.1) is 0 Å². The predicted molar refractivity (Wildman–Crippen MR) is 76.6 cm³/mol. The smallest absolute Gasteiger partial charge is 0.163 e. The first-order valence-electron chi connectivity index (χ1n) is 6.12. The summed E-state index contributed by atoms with van der Waals surface area (Å²) < 4.78 is 5.32. The van der Waals surface area contributed by atoms with Gasteiger partial charge in [-0.15, -0.1) is 0 Å². The molecule has 17 heavy (non-hydrogen) atoms. The van der Waals surface area contributed by atoms with Crippen molar-refractivity contribution in [2.75, 3.05) is 12.4 Å². The first kappa shape index (κ1) is 17.4. The molecule has 0 aromatic heterocycles. The summed E-state index contributed by atoms with van der Waals surface area (Å²) in [6.07, 6.45) is 2.64. The highest BCUT2D eigenvalue weighted by molar-refractivity contribution is 8.26. The van der Waals surface area contributed by atoms with E-state index in [-0.39, 0.29) is 18.0 Å². The normalized spacial score (nSPS) is 15.4. The minimum atomic E-state index is -0.812. The minimum absolute atomic E-state index is 0.0343. The first-order valence-corrected chi connectivity index (χ1v) is 7.17. The Morgan fingerprint density at radius 1 is 1.35 bits per heavy atom. The molecule has 0 aliphatic heterocycles. The maximum Gasteiger partial charge on any atom is 0.163 e. The molecule has 0 spiro atoms. The van der Waals surface area contributed by atoms with Gasteiger partial charge in [-0.05, 0) is 6.42 Å². The van der Waals surface area contributed by atoms with Crippen LogP contribution in [0.5, 0.6) is 0 Å². The van der Waals surface area contributed by atoms with Gasteiger partial charge in [0, 0.05) is 5.75 Å². The van der Waals surface area contributed by atoms with Crippen LogP contribution in [-0.4, -0.2) is 48.6 Å². The van der Waals surface area contributed by atoms with Crippen molar-refractivity contribution in [3.63, 3.8) is 0 Å². The van der Waals surface area contributed by atoms with Crippen LogP contribution in [0.3, 0.4) is 0 Å². The van der Waals surface area contributed by atoms with Crippen LogP contribution in [0.4, 0.5) is 0 Å². The van der Waals surface area contributed by atoms with Gasteiger partial charge in [-0.25, -0.2) is 11.6 Å². The maximum atomic E-state index is 9.62. The van der Waals surface area contributed by atoms with E-state index < -0.39 is 6.29 Å². The molecule has 2 N–H and O–H groups in total. The predicted octanol–water partition coefficient (Wildman–Crippen LogP) is 1.67. The Bertz CT molecular complexity index is 188. The van der Waals surface area contributed by atoms with E-state index in [1.165, 1.54) is 11.6 Å². The van der Waals surface area contributed by atoms with Gasteiger partial charge in [0.25, 0.3) is 0 Å². The molecule has 0 heterocycles. The maximum absolute atomic E-state index is 9.62. The van der Waals surface area contributed by atoms with Gasteiger partial charge in [0.05, 0.1) is 19.9 Å². The van der Waals surface area contributed by atoms with E-state index in [9.17, 15) is 5.11 Å². The fraction of sp³-hybridized carbons (Fsp3) is 1.00. The molecular formula is C11H24B2O3S. The molecule has 0 aromatic carbocycles. The Morgan fingerprint density at radius 2 is 2.00 bits per heavy atom. The number of aliphatic hydroxyl groups is 2. The molecule has 2 unspecified atom stereocenters. The third-order valence-electron chi connectivity index (χ3n) is 2.07. The third-order valence-corrected chi connectivity index (χ3v) is 2.87. The molecule has 0 fully saturated rings. The molecule has 98 valence electrons. The van der Waals surface area contributed by atoms with Crippen LogP contribution in [0.25, 0.3) is 0 Å². The summed E-state index contributed by atoms with van der Waals surface area (Å²) in [6, 6.07) is 0. The van der Waals surface area contributed by atoms with Crippen molar-refractivity contribution in [3.8, 4) is 0 Å². The number of hydrogen-bond donors (Lipinski definition) is 2. The molecule has 0 amide bonds. The summed E-state index contributed by atoms with van der Waals surface area (Å²) in [7, 11) is 2.10. The lowest BCUT2D eigenvalue weighted by molar-refractivity contribution is -0.134. The van der Waals surface area contributed by atoms with Crippen molar-refractivity contribution in [2.45, 2.75) is 58.2 Å². The second-order valence-corrected chi connectivity index (χ2v) is 6.12. The molecule has 0 saturated heterocycles. The zero-order valence-corrected chi connectivity index (χ0v) is 12.2. The summed E-state index contributed by atoms with van der Waals surface area (Å²) in [6.45, 7) is 8.37. The monoisotopic (exact) mass is 258 g/mol. The second-order valence-electron chi connectivity index (χ2n) is 5.19. The SMILES string of the molecule is CCCC(CO)OC(O)CS[B][B]C(C)(C)C. The molecule has 0 aromatic rings. The zero-order chi connectivity index (χ0) is 13.3. The standard InChI is InChI=1S/C11H24B2O3S/c1-5-6-9(7-14)16-10(15)8-17-13-12-11(2,3)4/h9-10,14-15H,5-8H2,1-4H3. The fourth-order valence-electron chi connectivity index (χ4n) is 1.18. The highest BCUT2D eigenvalue weighted by atomic mass is 32.2. The largest absolute Gasteiger partial charge is 0.394 e. The topological polar surface area (TPSA) is 49.7 Å². The summed E-state index contributed by atoms with van der Waals surface area (Å²) >= 11 is 1.52. The molecule has 0 aliphatic carbocycles. The summed E-state index contributed by atoms with van der Waals surface area (Å²) in [5, 5.41) is 18.8. The fourth-order valence-corrected chi connectivity index (χ4v) is 2.03. The van der Waals surface area contributed by atoms with E-state index in [2.05, 4.69) is 27.9 Å². The van der Waals surface area contributed by atoms with Crippen LogP contribution in [-0.2, 0) is 4.74 Å². The Balaban J connectivity index is 3.61. The Labute approximate surface area is 111 Å². The van der Waals surface area contributed by atoms with Gasteiger partial charge in [0.1, 0.15) is 6.45 Å². The minimum Gasteiger partial charge on any atom is -0.394 e. The molecule has 2 radical (unpaired) electrons. The van der Waals surface area contributed by atoms with Gasteiger partial charge in [0.15, 0.2) is 6.29 Å². The van der Waals surface area contributed by atoms with Crippen molar-refractivity contribution in [1.82, 2.24) is 0 Å². The molecule has 3 nitrogen and oxygen atoms in total. The van der Waals surface area contributed by atoms with E-state index in [1.54, 1.807) is 0 Å². The van der Waals surface area contributed by atoms with Crippen molar-refractivity contribution < 1.29 is 14.9 Å². The first-order chi connectivity index (χ1) is 7.89. The lowest BCUT2D eigenvalue weighted by atomic mass is 9.40. The average Bonchev–Trinajstić information content (AvgIpc) is 2.22. The van der Waals surface area contributed by atoms with Gasteiger partial charge >= 0.3 is 0 Å². The van der Waals surface area contributed by atoms with Crippen LogP contribution < -0.4 is 0 Å². The van der Waals surface area contributed by atoms with Crippen molar-refractivity contribution in [2.24, 2.45) is 0 Å². The number of hydrogen-bond acceptors (Lipinski definition) is 4. The van der Waals surface area contributed by atoms with Crippen LogP contribution in [0.2, 0.25) is 5.31 Å². The number of aliphatic hydroxyl groups excluding tert-OH is 2.